The first-order chi connectivity index (χ1) is 16.4. The molecule has 2 aromatic carbocycles. The van der Waals surface area contributed by atoms with Gasteiger partial charge in [-0.25, -0.2) is 13.4 Å². The lowest BCUT2D eigenvalue weighted by Gasteiger charge is -2.19. The lowest BCUT2D eigenvalue weighted by atomic mass is 10.0. The van der Waals surface area contributed by atoms with Gasteiger partial charge in [-0.2, -0.15) is 0 Å². The summed E-state index contributed by atoms with van der Waals surface area (Å²) in [4.78, 5) is 15.7. The van der Waals surface area contributed by atoms with Gasteiger partial charge in [-0.3, -0.25) is 4.57 Å². The van der Waals surface area contributed by atoms with E-state index < -0.39 is 15.8 Å². The molecule has 1 fully saturated rings. The lowest BCUT2D eigenvalue weighted by Crippen LogP contribution is -2.85. The van der Waals surface area contributed by atoms with E-state index in [2.05, 4.69) is 10.3 Å². The van der Waals surface area contributed by atoms with E-state index in [9.17, 15) is 18.3 Å². The van der Waals surface area contributed by atoms with E-state index in [1.807, 2.05) is 32.0 Å². The first-order valence-electron chi connectivity index (χ1n) is 11.9. The number of aromatic nitrogens is 2. The van der Waals surface area contributed by atoms with Crippen LogP contribution in [0.15, 0.2) is 59.9 Å². The van der Waals surface area contributed by atoms with E-state index in [4.69, 9.17) is 0 Å². The van der Waals surface area contributed by atoms with Gasteiger partial charge >= 0.3 is 0 Å². The second-order valence-electron chi connectivity index (χ2n) is 8.35. The zero-order valence-corrected chi connectivity index (χ0v) is 20.7. The fourth-order valence-corrected chi connectivity index (χ4v) is 5.61. The van der Waals surface area contributed by atoms with Crippen LogP contribution in [0.25, 0.3) is 5.69 Å². The summed E-state index contributed by atoms with van der Waals surface area (Å²) >= 11 is 0. The molecule has 1 saturated heterocycles. The Morgan fingerprint density at radius 3 is 2.06 bits per heavy atom. The largest absolute Gasteiger partial charge is 0.543 e. The van der Waals surface area contributed by atoms with E-state index in [1.165, 1.54) is 36.9 Å². The minimum Gasteiger partial charge on any atom is -0.543 e. The average Bonchev–Trinajstić information content (AvgIpc) is 3.31. The quantitative estimate of drug-likeness (QED) is 0.553. The number of rotatable bonds is 7. The fraction of sp³-hybridized carbons (Fsp3) is 0.385. The Hall–Kier alpha value is -2.97. The number of carboxylic acids is 1. The minimum atomic E-state index is -3.89. The third kappa shape index (κ3) is 6.12. The number of quaternary nitrogens is 1. The summed E-state index contributed by atoms with van der Waals surface area (Å²) in [5.74, 6) is -1.74. The smallest absolute Gasteiger partial charge is 0.233 e. The molecular weight excluding hydrogens is 450 g/mol. The van der Waals surface area contributed by atoms with Crippen LogP contribution in [0.3, 0.4) is 0 Å². The van der Waals surface area contributed by atoms with Gasteiger partial charge in [0, 0.05) is 0 Å². The molecule has 1 aliphatic rings. The molecule has 0 aliphatic carbocycles. The number of piperidine rings is 1. The molecule has 0 amide bonds. The Kier molecular flexibility index (Phi) is 9.01. The number of carbonyl (C=O) groups excluding carboxylic acids is 1. The standard InChI is InChI=1S/C21H22N2O4S.C5H11N/c1-3-16-11-8-12-17(4-2)19(16)23-18(20(24)25)13-22-21(23)28(26,27)14-15-9-6-5-7-10-15;1-2-4-6-5-3-1/h5-13H,3-4,14H2,1-2H3,(H,24,25);6H,1-5H2. The molecular formula is C26H33N3O4S. The van der Waals surface area contributed by atoms with Crippen LogP contribution in [0, 0.1) is 0 Å². The average molecular weight is 484 g/mol. The predicted molar refractivity (Wildman–Crippen MR) is 129 cm³/mol. The summed E-state index contributed by atoms with van der Waals surface area (Å²) in [6, 6.07) is 14.3. The number of hydrogen-bond acceptors (Lipinski definition) is 5. The molecule has 0 unspecified atom stereocenters. The van der Waals surface area contributed by atoms with Crippen molar-refractivity contribution in [1.29, 1.82) is 0 Å². The highest BCUT2D eigenvalue weighted by Crippen LogP contribution is 2.28. The summed E-state index contributed by atoms with van der Waals surface area (Å²) in [5.41, 5.74) is 2.57. The molecule has 1 aliphatic heterocycles. The van der Waals surface area contributed by atoms with Gasteiger partial charge < -0.3 is 15.2 Å². The van der Waals surface area contributed by atoms with Crippen molar-refractivity contribution >= 4 is 15.8 Å². The van der Waals surface area contributed by atoms with Gasteiger partial charge in [0.15, 0.2) is 0 Å². The molecule has 0 saturated carbocycles. The van der Waals surface area contributed by atoms with Gasteiger partial charge in [0.05, 0.1) is 42.4 Å². The lowest BCUT2D eigenvalue weighted by molar-refractivity contribution is -0.662. The van der Waals surface area contributed by atoms with E-state index >= 15 is 0 Å². The van der Waals surface area contributed by atoms with Crippen LogP contribution in [0.1, 0.15) is 60.3 Å². The molecule has 1 aromatic heterocycles. The van der Waals surface area contributed by atoms with Crippen molar-refractivity contribution in [1.82, 2.24) is 9.55 Å². The summed E-state index contributed by atoms with van der Waals surface area (Å²) in [5, 5.41) is 13.8. The van der Waals surface area contributed by atoms with Crippen LogP contribution in [0.4, 0.5) is 0 Å². The highest BCUT2D eigenvalue weighted by molar-refractivity contribution is 7.90. The highest BCUT2D eigenvalue weighted by Gasteiger charge is 2.27. The fourth-order valence-electron chi connectivity index (χ4n) is 4.17. The second kappa shape index (κ2) is 11.9. The molecule has 0 bridgehead atoms. The molecule has 34 heavy (non-hydrogen) atoms. The van der Waals surface area contributed by atoms with E-state index in [1.54, 1.807) is 30.3 Å². The van der Waals surface area contributed by atoms with Crippen molar-refractivity contribution in [3.05, 3.63) is 77.1 Å². The molecule has 2 heterocycles. The SMILES string of the molecule is C1CC[NH2+]CC1.CCc1cccc(CC)c1-n1c(C(=O)[O-])cnc1S(=O)(=O)Cc1ccccc1. The first kappa shape index (κ1) is 25.6. The maximum atomic E-state index is 13.1. The van der Waals surface area contributed by atoms with Crippen molar-refractivity contribution in [3.63, 3.8) is 0 Å². The predicted octanol–water partition coefficient (Wildman–Crippen LogP) is 2.07. The highest BCUT2D eigenvalue weighted by atomic mass is 32.2. The number of nitrogens with zero attached hydrogens (tertiary/aromatic N) is 2. The topological polar surface area (TPSA) is 109 Å². The van der Waals surface area contributed by atoms with Crippen LogP contribution in [0.2, 0.25) is 0 Å². The minimum absolute atomic E-state index is 0.271. The van der Waals surface area contributed by atoms with Crippen LogP contribution < -0.4 is 10.4 Å². The number of carbonyl (C=O) groups is 1. The number of aryl methyl sites for hydroxylation is 2. The Bertz CT molecular complexity index is 1170. The summed E-state index contributed by atoms with van der Waals surface area (Å²) in [7, 11) is -3.89. The second-order valence-corrected chi connectivity index (χ2v) is 10.2. The normalized spacial score (nSPS) is 13.7. The van der Waals surface area contributed by atoms with Crippen molar-refractivity contribution in [3.8, 4) is 5.69 Å². The van der Waals surface area contributed by atoms with Crippen molar-refractivity contribution in [2.24, 2.45) is 0 Å². The molecule has 8 heteroatoms. The maximum absolute atomic E-state index is 13.1. The van der Waals surface area contributed by atoms with Gasteiger partial charge in [0.2, 0.25) is 15.0 Å². The third-order valence-electron chi connectivity index (χ3n) is 5.92. The first-order valence-corrected chi connectivity index (χ1v) is 13.5. The van der Waals surface area contributed by atoms with Crippen LogP contribution in [-0.4, -0.2) is 37.0 Å². The van der Waals surface area contributed by atoms with Gasteiger partial charge in [-0.1, -0.05) is 62.4 Å². The number of sulfone groups is 1. The Labute approximate surface area is 201 Å². The molecule has 182 valence electrons. The molecule has 3 aromatic rings. The molecule has 0 atom stereocenters. The molecule has 0 spiro atoms. The summed E-state index contributed by atoms with van der Waals surface area (Å²) in [6.07, 6.45) is 6.65. The number of para-hydroxylation sites is 1. The van der Waals surface area contributed by atoms with Crippen LogP contribution in [0.5, 0.6) is 0 Å². The van der Waals surface area contributed by atoms with Gasteiger partial charge in [0.25, 0.3) is 0 Å². The number of aromatic carboxylic acids is 1. The van der Waals surface area contributed by atoms with Crippen LogP contribution >= 0.6 is 0 Å². The van der Waals surface area contributed by atoms with E-state index in [0.717, 1.165) is 17.3 Å². The molecule has 0 radical (unpaired) electrons. The maximum Gasteiger partial charge on any atom is 0.233 e. The number of carboxylic acid groups (broad SMARTS) is 1. The van der Waals surface area contributed by atoms with Gasteiger partial charge in [-0.15, -0.1) is 0 Å². The number of benzene rings is 2. The van der Waals surface area contributed by atoms with Crippen molar-refractivity contribution in [2.75, 3.05) is 13.1 Å². The number of nitrogens with two attached hydrogens (primary N) is 1. The Morgan fingerprint density at radius 1 is 0.971 bits per heavy atom. The van der Waals surface area contributed by atoms with E-state index in [0.29, 0.717) is 24.1 Å². The monoisotopic (exact) mass is 483 g/mol. The van der Waals surface area contributed by atoms with Gasteiger partial charge in [0.1, 0.15) is 0 Å². The van der Waals surface area contributed by atoms with Crippen LogP contribution in [-0.2, 0) is 28.4 Å². The Morgan fingerprint density at radius 2 is 1.59 bits per heavy atom. The molecule has 4 rings (SSSR count). The van der Waals surface area contributed by atoms with Crippen molar-refractivity contribution in [2.45, 2.75) is 56.9 Å². The third-order valence-corrected chi connectivity index (χ3v) is 7.48. The van der Waals surface area contributed by atoms with E-state index in [-0.39, 0.29) is 16.6 Å². The molecule has 2 N–H and O–H groups in total. The number of hydrogen-bond donors (Lipinski definition) is 1. The zero-order chi connectivity index (χ0) is 24.6. The van der Waals surface area contributed by atoms with Gasteiger partial charge in [-0.05, 0) is 48.8 Å². The number of imidazole rings is 1. The summed E-state index contributed by atoms with van der Waals surface area (Å²) in [6.45, 7) is 6.62. The van der Waals surface area contributed by atoms with Crippen molar-refractivity contribution < 1.29 is 23.6 Å². The Balaban J connectivity index is 0.000000469. The zero-order valence-electron chi connectivity index (χ0n) is 19.9. The summed E-state index contributed by atoms with van der Waals surface area (Å²) < 4.78 is 27.5. The molecule has 7 nitrogen and oxygen atoms in total.